The molecule has 5 heteroatoms. The molecule has 2 bridgehead atoms. The largest absolute Gasteiger partial charge is 0.493 e. The molecule has 0 saturated carbocycles. The molecular formula is C20H24NO4+. The van der Waals surface area contributed by atoms with Gasteiger partial charge in [-0.1, -0.05) is 6.07 Å². The van der Waals surface area contributed by atoms with Crippen molar-refractivity contribution in [1.82, 2.24) is 0 Å². The van der Waals surface area contributed by atoms with Crippen LogP contribution in [-0.4, -0.2) is 62.9 Å². The van der Waals surface area contributed by atoms with Crippen LogP contribution in [0.2, 0.25) is 0 Å². The van der Waals surface area contributed by atoms with Gasteiger partial charge in [-0.05, 0) is 23.8 Å². The summed E-state index contributed by atoms with van der Waals surface area (Å²) in [6.45, 7) is 0.993. The van der Waals surface area contributed by atoms with Crippen molar-refractivity contribution < 1.29 is 23.5 Å². The average molecular weight is 342 g/mol. The lowest BCUT2D eigenvalue weighted by Gasteiger charge is -2.63. The number of quaternary nitrogens is 1. The van der Waals surface area contributed by atoms with E-state index in [2.05, 4.69) is 20.2 Å². The Balaban J connectivity index is 1.90. The summed E-state index contributed by atoms with van der Waals surface area (Å²) in [7, 11) is 7.96. The normalized spacial score (nSPS) is 39.0. The zero-order valence-electron chi connectivity index (χ0n) is 15.2. The minimum atomic E-state index is -0.530. The second-order valence-electron chi connectivity index (χ2n) is 8.31. The summed E-state index contributed by atoms with van der Waals surface area (Å²) in [5.41, 5.74) is 1.43. The number of benzene rings is 1. The quantitative estimate of drug-likeness (QED) is 0.766. The third-order valence-corrected chi connectivity index (χ3v) is 7.18. The lowest BCUT2D eigenvalue weighted by Crippen LogP contribution is -2.79. The first-order valence-corrected chi connectivity index (χ1v) is 8.89. The Labute approximate surface area is 147 Å². The van der Waals surface area contributed by atoms with Gasteiger partial charge in [0.2, 0.25) is 0 Å². The van der Waals surface area contributed by atoms with Crippen molar-refractivity contribution in [1.29, 1.82) is 0 Å². The smallest absolute Gasteiger partial charge is 0.197 e. The number of rotatable bonds is 2. The van der Waals surface area contributed by atoms with Crippen molar-refractivity contribution in [3.8, 4) is 11.5 Å². The van der Waals surface area contributed by atoms with Crippen LogP contribution < -0.4 is 9.47 Å². The molecule has 0 radical (unpaired) electrons. The van der Waals surface area contributed by atoms with E-state index in [1.54, 1.807) is 20.3 Å². The SMILES string of the molecule is COc1ccc2c3c1OC1C(=O)C=CC4(OC)C(C2)[N+](C)(C)CCC314. The molecule has 132 valence electrons. The number of ether oxygens (including phenoxy) is 3. The predicted octanol–water partition coefficient (Wildman–Crippen LogP) is 1.62. The topological polar surface area (TPSA) is 44.8 Å². The van der Waals surface area contributed by atoms with Crippen molar-refractivity contribution in [3.63, 3.8) is 0 Å². The van der Waals surface area contributed by atoms with Gasteiger partial charge in [0, 0.05) is 25.5 Å². The number of hydrogen-bond donors (Lipinski definition) is 0. The maximum atomic E-state index is 12.8. The molecule has 4 unspecified atom stereocenters. The number of likely N-dealkylation sites (N-methyl/N-ethyl adjacent to an activating group) is 1. The fraction of sp³-hybridized carbons (Fsp3) is 0.550. The van der Waals surface area contributed by atoms with Crippen LogP contribution in [0, 0.1) is 0 Å². The molecule has 0 amide bonds. The van der Waals surface area contributed by atoms with Gasteiger partial charge in [-0.25, -0.2) is 0 Å². The molecular weight excluding hydrogens is 318 g/mol. The van der Waals surface area contributed by atoms with Gasteiger partial charge in [-0.15, -0.1) is 0 Å². The standard InChI is InChI=1S/C20H24NO4/c1-21(2)10-9-19-16-12-5-6-14(23-3)17(16)25-18(19)13(22)7-8-20(19,24-4)15(21)11-12/h5-8,15,18H,9-11H2,1-4H3/q+1. The molecule has 5 nitrogen and oxygen atoms in total. The van der Waals surface area contributed by atoms with E-state index in [9.17, 15) is 4.79 Å². The van der Waals surface area contributed by atoms with Crippen LogP contribution in [0.3, 0.4) is 0 Å². The van der Waals surface area contributed by atoms with Gasteiger partial charge in [0.25, 0.3) is 0 Å². The van der Waals surface area contributed by atoms with E-state index in [0.717, 1.165) is 35.2 Å². The number of piperidine rings is 1. The van der Waals surface area contributed by atoms with Gasteiger partial charge in [0.05, 0.1) is 33.2 Å². The van der Waals surface area contributed by atoms with E-state index < -0.39 is 17.1 Å². The highest BCUT2D eigenvalue weighted by Crippen LogP contribution is 2.65. The summed E-state index contributed by atoms with van der Waals surface area (Å²) < 4.78 is 19.0. The maximum Gasteiger partial charge on any atom is 0.197 e. The molecule has 1 spiro atoms. The molecule has 4 aliphatic rings. The van der Waals surface area contributed by atoms with Gasteiger partial charge in [0.1, 0.15) is 6.04 Å². The summed E-state index contributed by atoms with van der Waals surface area (Å²) in [4.78, 5) is 12.8. The molecule has 1 fully saturated rings. The first-order chi connectivity index (χ1) is 11.9. The summed E-state index contributed by atoms with van der Waals surface area (Å²) >= 11 is 0. The number of hydrogen-bond acceptors (Lipinski definition) is 4. The molecule has 1 aromatic rings. The minimum Gasteiger partial charge on any atom is -0.493 e. The number of methoxy groups -OCH3 is 2. The molecule has 2 aliphatic heterocycles. The van der Waals surface area contributed by atoms with Gasteiger partial charge in [-0.2, -0.15) is 0 Å². The van der Waals surface area contributed by atoms with E-state index >= 15 is 0 Å². The van der Waals surface area contributed by atoms with Gasteiger partial charge in [0.15, 0.2) is 29.0 Å². The second-order valence-corrected chi connectivity index (χ2v) is 8.31. The fourth-order valence-corrected chi connectivity index (χ4v) is 6.03. The van der Waals surface area contributed by atoms with Crippen molar-refractivity contribution >= 4 is 5.78 Å². The van der Waals surface area contributed by atoms with Crippen LogP contribution in [0.15, 0.2) is 24.3 Å². The third-order valence-electron chi connectivity index (χ3n) is 7.18. The molecule has 5 rings (SSSR count). The average Bonchev–Trinajstić information content (AvgIpc) is 2.96. The summed E-state index contributed by atoms with van der Waals surface area (Å²) in [6, 6.07) is 4.36. The first-order valence-electron chi connectivity index (χ1n) is 8.89. The Bertz CT molecular complexity index is 829. The number of ketones is 1. The highest BCUT2D eigenvalue weighted by atomic mass is 16.5. The second kappa shape index (κ2) is 4.46. The molecule has 25 heavy (non-hydrogen) atoms. The van der Waals surface area contributed by atoms with Crippen LogP contribution in [0.4, 0.5) is 0 Å². The maximum absolute atomic E-state index is 12.8. The highest BCUT2D eigenvalue weighted by Gasteiger charge is 2.75. The number of carbonyl (C=O) groups is 1. The number of nitrogens with zero attached hydrogens (tertiary/aromatic N) is 1. The fourth-order valence-electron chi connectivity index (χ4n) is 6.03. The van der Waals surface area contributed by atoms with Crippen LogP contribution in [0.25, 0.3) is 0 Å². The zero-order chi connectivity index (χ0) is 17.6. The van der Waals surface area contributed by atoms with E-state index in [1.807, 2.05) is 12.1 Å². The van der Waals surface area contributed by atoms with E-state index in [-0.39, 0.29) is 11.8 Å². The Kier molecular flexibility index (Phi) is 2.75. The Hall–Kier alpha value is -1.85. The van der Waals surface area contributed by atoms with Crippen molar-refractivity contribution in [2.45, 2.75) is 36.0 Å². The molecule has 0 N–H and O–H groups in total. The Morgan fingerprint density at radius 3 is 2.80 bits per heavy atom. The lowest BCUT2D eigenvalue weighted by atomic mass is 9.50. The Morgan fingerprint density at radius 2 is 2.08 bits per heavy atom. The summed E-state index contributed by atoms with van der Waals surface area (Å²) in [6.07, 6.45) is 4.94. The molecule has 0 aromatic heterocycles. The summed E-state index contributed by atoms with van der Waals surface area (Å²) in [5, 5.41) is 0. The van der Waals surface area contributed by atoms with E-state index in [1.165, 1.54) is 5.56 Å². The van der Waals surface area contributed by atoms with Gasteiger partial charge < -0.3 is 18.7 Å². The van der Waals surface area contributed by atoms with E-state index in [0.29, 0.717) is 5.75 Å². The van der Waals surface area contributed by atoms with Crippen LogP contribution in [0.5, 0.6) is 11.5 Å². The lowest BCUT2D eigenvalue weighted by molar-refractivity contribution is -0.930. The molecule has 4 atom stereocenters. The zero-order valence-corrected chi connectivity index (χ0v) is 15.2. The van der Waals surface area contributed by atoms with Crippen molar-refractivity contribution in [2.24, 2.45) is 0 Å². The highest BCUT2D eigenvalue weighted by molar-refractivity contribution is 5.99. The molecule has 2 heterocycles. The molecule has 1 aromatic carbocycles. The predicted molar refractivity (Wildman–Crippen MR) is 92.1 cm³/mol. The van der Waals surface area contributed by atoms with Crippen LogP contribution >= 0.6 is 0 Å². The molecule has 2 aliphatic carbocycles. The number of carbonyl (C=O) groups excluding carboxylic acids is 1. The van der Waals surface area contributed by atoms with Gasteiger partial charge >= 0.3 is 0 Å². The van der Waals surface area contributed by atoms with Gasteiger partial charge in [-0.3, -0.25) is 4.79 Å². The van der Waals surface area contributed by atoms with Crippen LogP contribution in [-0.2, 0) is 21.4 Å². The minimum absolute atomic E-state index is 0.0322. The first kappa shape index (κ1) is 15.4. The van der Waals surface area contributed by atoms with Crippen molar-refractivity contribution in [3.05, 3.63) is 35.4 Å². The third kappa shape index (κ3) is 1.47. The van der Waals surface area contributed by atoms with Crippen LogP contribution in [0.1, 0.15) is 17.5 Å². The monoisotopic (exact) mass is 342 g/mol. The molecule has 1 saturated heterocycles. The number of likely N-dealkylation sites (tertiary alicyclic amines) is 1. The van der Waals surface area contributed by atoms with Crippen molar-refractivity contribution in [2.75, 3.05) is 34.9 Å². The summed E-state index contributed by atoms with van der Waals surface area (Å²) in [5.74, 6) is 1.48. The Morgan fingerprint density at radius 1 is 1.28 bits per heavy atom. The van der Waals surface area contributed by atoms with E-state index in [4.69, 9.17) is 14.2 Å².